The first-order chi connectivity index (χ1) is 10.9. The summed E-state index contributed by atoms with van der Waals surface area (Å²) < 4.78 is 4.83. The van der Waals surface area contributed by atoms with Gasteiger partial charge in [0.2, 0.25) is 5.78 Å². The molecule has 0 spiro atoms. The van der Waals surface area contributed by atoms with Gasteiger partial charge in [-0.05, 0) is 24.3 Å². The predicted molar refractivity (Wildman–Crippen MR) is 84.2 cm³/mol. The van der Waals surface area contributed by atoms with Crippen LogP contribution in [-0.4, -0.2) is 23.3 Å². The van der Waals surface area contributed by atoms with Gasteiger partial charge >= 0.3 is 5.97 Å². The summed E-state index contributed by atoms with van der Waals surface area (Å²) in [7, 11) is 0. The van der Waals surface area contributed by atoms with Gasteiger partial charge in [-0.1, -0.05) is 35.3 Å². The third-order valence-corrected chi connectivity index (χ3v) is 3.45. The molecule has 2 rings (SSSR count). The molecule has 2 aromatic rings. The molecule has 0 saturated heterocycles. The number of hydrogen-bond acceptors (Lipinski definition) is 5. The molecular formula is C15H9Cl2NO5. The van der Waals surface area contributed by atoms with Crippen molar-refractivity contribution >= 4 is 40.6 Å². The van der Waals surface area contributed by atoms with E-state index in [1.165, 1.54) is 18.2 Å². The van der Waals surface area contributed by atoms with Crippen LogP contribution in [0.15, 0.2) is 42.5 Å². The number of carbonyl (C=O) groups excluding carboxylic acids is 2. The summed E-state index contributed by atoms with van der Waals surface area (Å²) in [5.41, 5.74) is -0.582. The van der Waals surface area contributed by atoms with Gasteiger partial charge in [0.15, 0.2) is 6.61 Å². The van der Waals surface area contributed by atoms with Crippen molar-refractivity contribution in [2.24, 2.45) is 0 Å². The van der Waals surface area contributed by atoms with E-state index in [9.17, 15) is 19.7 Å². The average Bonchev–Trinajstić information content (AvgIpc) is 2.52. The van der Waals surface area contributed by atoms with E-state index in [4.69, 9.17) is 27.9 Å². The summed E-state index contributed by atoms with van der Waals surface area (Å²) in [6.45, 7) is -0.591. The predicted octanol–water partition coefficient (Wildman–Crippen LogP) is 3.94. The second kappa shape index (κ2) is 7.21. The number of nitro benzene ring substituents is 1. The van der Waals surface area contributed by atoms with Crippen molar-refractivity contribution < 1.29 is 19.2 Å². The van der Waals surface area contributed by atoms with Gasteiger partial charge in [0.05, 0.1) is 9.95 Å². The van der Waals surface area contributed by atoms with Gasteiger partial charge in [-0.2, -0.15) is 0 Å². The van der Waals surface area contributed by atoms with Crippen molar-refractivity contribution in [1.29, 1.82) is 0 Å². The van der Waals surface area contributed by atoms with Crippen molar-refractivity contribution in [2.45, 2.75) is 0 Å². The Balaban J connectivity index is 2.14. The maximum absolute atomic E-state index is 12.0. The van der Waals surface area contributed by atoms with Crippen molar-refractivity contribution in [3.05, 3.63) is 73.8 Å². The summed E-state index contributed by atoms with van der Waals surface area (Å²) in [5, 5.41) is 11.3. The Morgan fingerprint density at radius 3 is 2.43 bits per heavy atom. The van der Waals surface area contributed by atoms with E-state index in [-0.39, 0.29) is 21.2 Å². The van der Waals surface area contributed by atoms with E-state index in [1.807, 2.05) is 0 Å². The van der Waals surface area contributed by atoms with Crippen molar-refractivity contribution in [3.63, 3.8) is 0 Å². The zero-order valence-corrected chi connectivity index (χ0v) is 13.0. The molecule has 2 aromatic carbocycles. The Bertz CT molecular complexity index is 791. The fraction of sp³-hybridized carbons (Fsp3) is 0.0667. The Kier molecular flexibility index (Phi) is 5.31. The minimum absolute atomic E-state index is 0.139. The number of benzene rings is 2. The first-order valence-corrected chi connectivity index (χ1v) is 7.04. The van der Waals surface area contributed by atoms with Crippen LogP contribution in [0.3, 0.4) is 0 Å². The Hall–Kier alpha value is -2.44. The SMILES string of the molecule is O=C(COC(=O)c1cc(Cl)ccc1[N+](=O)[O-])c1ccccc1Cl. The molecule has 0 bridgehead atoms. The molecule has 118 valence electrons. The molecule has 0 aliphatic rings. The van der Waals surface area contributed by atoms with Crippen LogP contribution in [0.25, 0.3) is 0 Å². The van der Waals surface area contributed by atoms with E-state index in [0.717, 1.165) is 12.1 Å². The van der Waals surface area contributed by atoms with Gasteiger partial charge in [0.25, 0.3) is 5.69 Å². The Morgan fingerprint density at radius 2 is 1.78 bits per heavy atom. The van der Waals surface area contributed by atoms with Crippen molar-refractivity contribution in [2.75, 3.05) is 6.61 Å². The highest BCUT2D eigenvalue weighted by molar-refractivity contribution is 6.34. The molecule has 8 heteroatoms. The van der Waals surface area contributed by atoms with Crippen LogP contribution in [0.5, 0.6) is 0 Å². The van der Waals surface area contributed by atoms with Gasteiger partial charge in [-0.3, -0.25) is 14.9 Å². The van der Waals surface area contributed by atoms with Crippen LogP contribution in [0.4, 0.5) is 5.69 Å². The molecule has 0 aliphatic carbocycles. The second-order valence-corrected chi connectivity index (χ2v) is 5.24. The monoisotopic (exact) mass is 353 g/mol. The lowest BCUT2D eigenvalue weighted by molar-refractivity contribution is -0.385. The largest absolute Gasteiger partial charge is 0.454 e. The zero-order valence-electron chi connectivity index (χ0n) is 11.5. The number of halogens is 2. The molecule has 0 atom stereocenters. The number of Topliss-reactive ketones (excluding diaryl/α,β-unsaturated/α-hetero) is 1. The number of ketones is 1. The smallest absolute Gasteiger partial charge is 0.345 e. The van der Waals surface area contributed by atoms with E-state index in [2.05, 4.69) is 0 Å². The second-order valence-electron chi connectivity index (χ2n) is 4.40. The van der Waals surface area contributed by atoms with Crippen LogP contribution >= 0.6 is 23.2 Å². The summed E-state index contributed by atoms with van der Waals surface area (Å²) in [5.74, 6) is -1.53. The summed E-state index contributed by atoms with van der Waals surface area (Å²) >= 11 is 11.6. The lowest BCUT2D eigenvalue weighted by Gasteiger charge is -2.06. The van der Waals surface area contributed by atoms with Crippen LogP contribution in [0.1, 0.15) is 20.7 Å². The van der Waals surface area contributed by atoms with Crippen LogP contribution in [-0.2, 0) is 4.74 Å². The number of ether oxygens (including phenoxy) is 1. The standard InChI is InChI=1S/C15H9Cl2NO5/c16-9-5-6-13(18(21)22)11(7-9)15(20)23-8-14(19)10-3-1-2-4-12(10)17/h1-7H,8H2. The maximum atomic E-state index is 12.0. The van der Waals surface area contributed by atoms with Gasteiger partial charge in [0.1, 0.15) is 5.56 Å². The highest BCUT2D eigenvalue weighted by Crippen LogP contribution is 2.23. The number of nitro groups is 1. The zero-order chi connectivity index (χ0) is 17.0. The number of nitrogens with zero attached hydrogens (tertiary/aromatic N) is 1. The first kappa shape index (κ1) is 16.9. The molecule has 0 saturated carbocycles. The number of carbonyl (C=O) groups is 2. The topological polar surface area (TPSA) is 86.5 Å². The van der Waals surface area contributed by atoms with Gasteiger partial charge in [0, 0.05) is 16.7 Å². The maximum Gasteiger partial charge on any atom is 0.345 e. The molecule has 23 heavy (non-hydrogen) atoms. The molecule has 6 nitrogen and oxygen atoms in total. The number of hydrogen-bond donors (Lipinski definition) is 0. The molecule has 0 aromatic heterocycles. The molecule has 0 N–H and O–H groups in total. The van der Waals surface area contributed by atoms with Crippen LogP contribution in [0.2, 0.25) is 10.0 Å². The van der Waals surface area contributed by atoms with Crippen LogP contribution < -0.4 is 0 Å². The molecule has 0 fully saturated rings. The molecule has 0 unspecified atom stereocenters. The van der Waals surface area contributed by atoms with E-state index >= 15 is 0 Å². The average molecular weight is 354 g/mol. The summed E-state index contributed by atoms with van der Waals surface area (Å²) in [6.07, 6.45) is 0. The minimum atomic E-state index is -1.01. The lowest BCUT2D eigenvalue weighted by atomic mass is 10.1. The number of rotatable bonds is 5. The van der Waals surface area contributed by atoms with E-state index in [1.54, 1.807) is 12.1 Å². The lowest BCUT2D eigenvalue weighted by Crippen LogP contribution is -2.15. The highest BCUT2D eigenvalue weighted by Gasteiger charge is 2.23. The highest BCUT2D eigenvalue weighted by atomic mass is 35.5. The van der Waals surface area contributed by atoms with Crippen molar-refractivity contribution in [1.82, 2.24) is 0 Å². The Labute approximate surface area is 140 Å². The third kappa shape index (κ3) is 4.06. The fourth-order valence-corrected chi connectivity index (χ4v) is 2.22. The molecule has 0 amide bonds. The molecular weight excluding hydrogens is 345 g/mol. The molecule has 0 aliphatic heterocycles. The normalized spacial score (nSPS) is 10.2. The quantitative estimate of drug-likeness (QED) is 0.351. The molecule has 0 radical (unpaired) electrons. The molecule has 0 heterocycles. The minimum Gasteiger partial charge on any atom is -0.454 e. The van der Waals surface area contributed by atoms with Crippen molar-refractivity contribution in [3.8, 4) is 0 Å². The van der Waals surface area contributed by atoms with Gasteiger partial charge < -0.3 is 4.74 Å². The third-order valence-electron chi connectivity index (χ3n) is 2.88. The summed E-state index contributed by atoms with van der Waals surface area (Å²) in [6, 6.07) is 9.77. The van der Waals surface area contributed by atoms with E-state index in [0.29, 0.717) is 0 Å². The number of esters is 1. The van der Waals surface area contributed by atoms with E-state index < -0.39 is 29.0 Å². The fourth-order valence-electron chi connectivity index (χ4n) is 1.80. The van der Waals surface area contributed by atoms with Gasteiger partial charge in [-0.25, -0.2) is 4.79 Å². The van der Waals surface area contributed by atoms with Crippen LogP contribution in [0, 0.1) is 10.1 Å². The summed E-state index contributed by atoms with van der Waals surface area (Å²) in [4.78, 5) is 34.1. The first-order valence-electron chi connectivity index (χ1n) is 6.29. The van der Waals surface area contributed by atoms with Gasteiger partial charge in [-0.15, -0.1) is 0 Å². The Morgan fingerprint density at radius 1 is 1.09 bits per heavy atom.